The minimum atomic E-state index is -2.06. The molecule has 6 nitrogen and oxygen atoms in total. The van der Waals surface area contributed by atoms with Crippen molar-refractivity contribution in [2.45, 2.75) is 128 Å². The van der Waals surface area contributed by atoms with Crippen molar-refractivity contribution >= 4 is 8.32 Å². The number of rotatable bonds is 12. The Labute approximate surface area is 261 Å². The van der Waals surface area contributed by atoms with Crippen LogP contribution in [0.2, 0.25) is 18.1 Å². The van der Waals surface area contributed by atoms with Gasteiger partial charge in [-0.15, -0.1) is 0 Å². The van der Waals surface area contributed by atoms with Crippen LogP contribution in [0.3, 0.4) is 0 Å². The van der Waals surface area contributed by atoms with Crippen molar-refractivity contribution < 1.29 is 28.1 Å². The number of benzene rings is 2. The van der Waals surface area contributed by atoms with E-state index in [4.69, 9.17) is 28.1 Å². The topological polar surface area (TPSA) is 55.4 Å². The Hall–Kier alpha value is -2.16. The largest absolute Gasteiger partial charge is 0.497 e. The number of fused-ring (bicyclic) bond motifs is 1. The molecule has 2 aliphatic rings. The molecule has 238 valence electrons. The third kappa shape index (κ3) is 9.18. The van der Waals surface area contributed by atoms with E-state index < -0.39 is 13.9 Å². The second-order valence-corrected chi connectivity index (χ2v) is 18.6. The van der Waals surface area contributed by atoms with Gasteiger partial charge in [-0.1, -0.05) is 69.8 Å². The molecule has 0 aliphatic carbocycles. The number of methoxy groups -OCH3 is 1. The summed E-state index contributed by atoms with van der Waals surface area (Å²) in [7, 11) is -0.382. The summed E-state index contributed by atoms with van der Waals surface area (Å²) in [6.45, 7) is 20.0. The lowest BCUT2D eigenvalue weighted by atomic mass is 9.90. The van der Waals surface area contributed by atoms with Crippen LogP contribution in [0, 0.1) is 0 Å². The van der Waals surface area contributed by atoms with Crippen LogP contribution in [0.15, 0.2) is 66.9 Å². The molecule has 7 heteroatoms. The van der Waals surface area contributed by atoms with Crippen molar-refractivity contribution in [1.82, 2.24) is 0 Å². The minimum Gasteiger partial charge on any atom is -0.497 e. The van der Waals surface area contributed by atoms with Gasteiger partial charge in [0, 0.05) is 6.61 Å². The predicted molar refractivity (Wildman–Crippen MR) is 175 cm³/mol. The van der Waals surface area contributed by atoms with Crippen LogP contribution in [0.4, 0.5) is 0 Å². The maximum Gasteiger partial charge on any atom is 0.192 e. The van der Waals surface area contributed by atoms with Gasteiger partial charge >= 0.3 is 0 Å². The average Bonchev–Trinajstić information content (AvgIpc) is 3.19. The van der Waals surface area contributed by atoms with Gasteiger partial charge in [-0.3, -0.25) is 0 Å². The second-order valence-electron chi connectivity index (χ2n) is 13.9. The predicted octanol–water partition coefficient (Wildman–Crippen LogP) is 8.60. The fourth-order valence-corrected chi connectivity index (χ4v) is 7.52. The van der Waals surface area contributed by atoms with E-state index in [1.807, 2.05) is 30.3 Å². The molecule has 0 aromatic heterocycles. The quantitative estimate of drug-likeness (QED) is 0.177. The first-order valence-corrected chi connectivity index (χ1v) is 18.9. The number of hydrogen-bond acceptors (Lipinski definition) is 6. The van der Waals surface area contributed by atoms with Crippen LogP contribution < -0.4 is 4.74 Å². The molecule has 2 heterocycles. The van der Waals surface area contributed by atoms with Gasteiger partial charge in [-0.2, -0.15) is 0 Å². The molecule has 43 heavy (non-hydrogen) atoms. The summed E-state index contributed by atoms with van der Waals surface area (Å²) in [6.07, 6.45) is 4.87. The lowest BCUT2D eigenvalue weighted by Crippen LogP contribution is -2.54. The molecule has 0 N–H and O–H groups in total. The van der Waals surface area contributed by atoms with Crippen LogP contribution in [-0.2, 0) is 36.6 Å². The Balaban J connectivity index is 1.41. The van der Waals surface area contributed by atoms with Crippen LogP contribution in [0.5, 0.6) is 5.75 Å². The van der Waals surface area contributed by atoms with Gasteiger partial charge in [-0.05, 0) is 86.8 Å². The zero-order chi connectivity index (χ0) is 31.1. The van der Waals surface area contributed by atoms with Gasteiger partial charge in [0.15, 0.2) is 8.32 Å². The maximum atomic E-state index is 7.20. The Morgan fingerprint density at radius 3 is 2.30 bits per heavy atom. The molecule has 0 amide bonds. The van der Waals surface area contributed by atoms with E-state index in [0.29, 0.717) is 25.6 Å². The lowest BCUT2D eigenvalue weighted by Gasteiger charge is -2.47. The summed E-state index contributed by atoms with van der Waals surface area (Å²) < 4.78 is 38.4. The van der Waals surface area contributed by atoms with Crippen molar-refractivity contribution in [3.05, 3.63) is 78.1 Å². The summed E-state index contributed by atoms with van der Waals surface area (Å²) in [4.78, 5) is 0. The molecule has 0 saturated carbocycles. The fourth-order valence-electron chi connectivity index (χ4n) is 5.81. The molecular formula is C36H54O6Si. The van der Waals surface area contributed by atoms with Crippen molar-refractivity contribution in [2.24, 2.45) is 0 Å². The van der Waals surface area contributed by atoms with Crippen LogP contribution in [-0.4, -0.2) is 52.1 Å². The van der Waals surface area contributed by atoms with Gasteiger partial charge in [0.2, 0.25) is 0 Å². The van der Waals surface area contributed by atoms with E-state index in [2.05, 4.69) is 71.6 Å². The first kappa shape index (κ1) is 33.7. The van der Waals surface area contributed by atoms with E-state index in [9.17, 15) is 0 Å². The SMILES string of the molecule is C=C1O[C@@H]2CC[C@@](C)(O[Si](C)(C)C(C)(C)C)[C@@H](CCCOCc3ccccc3)O[C@H]2CC[C@H]1OCc1ccc(OC)cc1. The molecule has 5 atom stereocenters. The monoisotopic (exact) mass is 610 g/mol. The summed E-state index contributed by atoms with van der Waals surface area (Å²) in [5.41, 5.74) is 1.89. The highest BCUT2D eigenvalue weighted by Crippen LogP contribution is 2.45. The smallest absolute Gasteiger partial charge is 0.192 e. The first-order chi connectivity index (χ1) is 20.4. The third-order valence-corrected chi connectivity index (χ3v) is 14.1. The molecule has 2 saturated heterocycles. The van der Waals surface area contributed by atoms with E-state index in [1.54, 1.807) is 7.11 Å². The molecule has 0 unspecified atom stereocenters. The Bertz CT molecular complexity index is 1140. The second kappa shape index (κ2) is 14.7. The highest BCUT2D eigenvalue weighted by atomic mass is 28.4. The molecule has 4 rings (SSSR count). The standard InChI is InChI=1S/C36H54O6Si/c1-27-31(39-26-29-16-18-30(37-6)19-17-29)20-21-32-33(40-27)22-23-36(5,42-43(7,8)35(2,3)4)34(41-32)15-12-24-38-25-28-13-10-9-11-14-28/h9-11,13-14,16-19,31-34H,1,12,15,20-26H2,2-8H3/t31-,32+,33-,34-,36-/m1/s1. The van der Waals surface area contributed by atoms with Crippen molar-refractivity contribution in [2.75, 3.05) is 13.7 Å². The molecule has 2 aromatic carbocycles. The Morgan fingerprint density at radius 2 is 1.63 bits per heavy atom. The van der Waals surface area contributed by atoms with Gasteiger partial charge in [0.1, 0.15) is 23.7 Å². The highest BCUT2D eigenvalue weighted by molar-refractivity contribution is 6.74. The van der Waals surface area contributed by atoms with E-state index >= 15 is 0 Å². The molecule has 0 bridgehead atoms. The summed E-state index contributed by atoms with van der Waals surface area (Å²) in [6, 6.07) is 18.3. The van der Waals surface area contributed by atoms with Gasteiger partial charge in [-0.25, -0.2) is 0 Å². The molecule has 2 aromatic rings. The highest BCUT2D eigenvalue weighted by Gasteiger charge is 2.50. The van der Waals surface area contributed by atoms with Crippen LogP contribution >= 0.6 is 0 Å². The van der Waals surface area contributed by atoms with Crippen LogP contribution in [0.1, 0.15) is 77.3 Å². The lowest BCUT2D eigenvalue weighted by molar-refractivity contribution is -0.130. The third-order valence-electron chi connectivity index (χ3n) is 9.51. The molecular weight excluding hydrogens is 556 g/mol. The first-order valence-electron chi connectivity index (χ1n) is 16.0. The number of ether oxygens (including phenoxy) is 5. The number of hydrogen-bond donors (Lipinski definition) is 0. The zero-order valence-electron chi connectivity index (χ0n) is 27.5. The van der Waals surface area contributed by atoms with Gasteiger partial charge in [0.05, 0.1) is 38.1 Å². The minimum absolute atomic E-state index is 0.0357. The van der Waals surface area contributed by atoms with Crippen molar-refractivity contribution in [1.29, 1.82) is 0 Å². The van der Waals surface area contributed by atoms with E-state index in [1.165, 1.54) is 5.56 Å². The fraction of sp³-hybridized carbons (Fsp3) is 0.611. The molecule has 2 aliphatic heterocycles. The van der Waals surface area contributed by atoms with E-state index in [0.717, 1.165) is 49.8 Å². The molecule has 0 spiro atoms. The zero-order valence-corrected chi connectivity index (χ0v) is 28.5. The molecule has 2 fully saturated rings. The summed E-state index contributed by atoms with van der Waals surface area (Å²) >= 11 is 0. The van der Waals surface area contributed by atoms with Crippen molar-refractivity contribution in [3.8, 4) is 5.75 Å². The normalized spacial score (nSPS) is 26.6. The Morgan fingerprint density at radius 1 is 0.930 bits per heavy atom. The Kier molecular flexibility index (Phi) is 11.6. The summed E-state index contributed by atoms with van der Waals surface area (Å²) in [5.74, 6) is 1.54. The maximum absolute atomic E-state index is 7.20. The van der Waals surface area contributed by atoms with Crippen molar-refractivity contribution in [3.63, 3.8) is 0 Å². The van der Waals surface area contributed by atoms with E-state index in [-0.39, 0.29) is 29.5 Å². The van der Waals surface area contributed by atoms with Gasteiger partial charge in [0.25, 0.3) is 0 Å². The average molecular weight is 611 g/mol. The summed E-state index contributed by atoms with van der Waals surface area (Å²) in [5, 5.41) is 0.106. The van der Waals surface area contributed by atoms with Crippen LogP contribution in [0.25, 0.3) is 0 Å². The molecule has 0 radical (unpaired) electrons. The van der Waals surface area contributed by atoms with Gasteiger partial charge < -0.3 is 28.1 Å².